The molecular weight excluding hydrogens is 571 g/mol. The van der Waals surface area contributed by atoms with Crippen LogP contribution in [0.25, 0.3) is 82.8 Å². The van der Waals surface area contributed by atoms with E-state index in [1.54, 1.807) is 0 Å². The number of nitrogens with zero attached hydrogens (tertiary/aromatic N) is 3. The highest BCUT2D eigenvalue weighted by Crippen LogP contribution is 2.41. The average Bonchev–Trinajstić information content (AvgIpc) is 3.81. The third kappa shape index (κ3) is 3.81. The summed E-state index contributed by atoms with van der Waals surface area (Å²) in [6.07, 6.45) is 0. The van der Waals surface area contributed by atoms with Crippen LogP contribution in [0.2, 0.25) is 0 Å². The molecule has 3 nitrogen and oxygen atoms in total. The fourth-order valence-corrected chi connectivity index (χ4v) is 7.63. The van der Waals surface area contributed by atoms with E-state index in [4.69, 9.17) is 0 Å². The Labute approximate surface area is 271 Å². The molecule has 0 spiro atoms. The maximum absolute atomic E-state index is 2.46. The van der Waals surface area contributed by atoms with Gasteiger partial charge in [-0.3, -0.25) is 0 Å². The predicted octanol–water partition coefficient (Wildman–Crippen LogP) is 11.5. The Hall–Kier alpha value is -6.32. The fraction of sp³-hybridized carbons (Fsp3) is 0. The summed E-state index contributed by atoms with van der Waals surface area (Å²) in [7, 11) is 0. The minimum Gasteiger partial charge on any atom is -0.309 e. The van der Waals surface area contributed by atoms with Crippen molar-refractivity contribution in [2.24, 2.45) is 0 Å². The largest absolute Gasteiger partial charge is 0.309 e. The zero-order valence-electron chi connectivity index (χ0n) is 25.6. The molecule has 10 rings (SSSR count). The summed E-state index contributed by atoms with van der Waals surface area (Å²) in [6.45, 7) is 0. The standard InChI is InChI=1S/C44H29N3/c1-3-13-30(14-4-1)42-29-31-23-28-38-37-19-9-12-22-41(37)46(44(38)43(31)47(42)32-15-5-2-6-16-32)34-26-24-33(25-27-34)45-39-20-10-7-17-35(39)36-18-8-11-21-40(36)45/h1-29H. The number of hydrogen-bond donors (Lipinski definition) is 0. The first-order valence-electron chi connectivity index (χ1n) is 16.1. The molecule has 3 heterocycles. The molecule has 0 aliphatic rings. The quantitative estimate of drug-likeness (QED) is 0.191. The highest BCUT2D eigenvalue weighted by molar-refractivity contribution is 6.19. The predicted molar refractivity (Wildman–Crippen MR) is 197 cm³/mol. The van der Waals surface area contributed by atoms with Crippen LogP contribution in [0.4, 0.5) is 0 Å². The van der Waals surface area contributed by atoms with E-state index in [1.807, 2.05) is 0 Å². The van der Waals surface area contributed by atoms with Gasteiger partial charge in [-0.2, -0.15) is 0 Å². The van der Waals surface area contributed by atoms with Gasteiger partial charge in [-0.25, -0.2) is 0 Å². The smallest absolute Gasteiger partial charge is 0.0788 e. The fourth-order valence-electron chi connectivity index (χ4n) is 7.63. The molecule has 220 valence electrons. The van der Waals surface area contributed by atoms with Crippen molar-refractivity contribution in [3.63, 3.8) is 0 Å². The first kappa shape index (κ1) is 26.0. The number of fused-ring (bicyclic) bond motifs is 8. The summed E-state index contributed by atoms with van der Waals surface area (Å²) in [5.74, 6) is 0. The number of benzene rings is 7. The zero-order valence-corrected chi connectivity index (χ0v) is 25.6. The second-order valence-corrected chi connectivity index (χ2v) is 12.2. The monoisotopic (exact) mass is 599 g/mol. The SMILES string of the molecule is c1ccc(-c2cc3ccc4c5ccccc5n(-c5ccc(-n6c7ccccc7c7ccccc76)cc5)c4c3n2-c2ccccc2)cc1. The number of para-hydroxylation sites is 4. The van der Waals surface area contributed by atoms with Crippen LogP contribution >= 0.6 is 0 Å². The van der Waals surface area contributed by atoms with Gasteiger partial charge in [0, 0.05) is 44.0 Å². The van der Waals surface area contributed by atoms with Crippen molar-refractivity contribution in [3.05, 3.63) is 176 Å². The molecule has 0 unspecified atom stereocenters. The summed E-state index contributed by atoms with van der Waals surface area (Å²) in [6, 6.07) is 63.6. The van der Waals surface area contributed by atoms with Gasteiger partial charge in [-0.1, -0.05) is 115 Å². The van der Waals surface area contributed by atoms with E-state index in [1.165, 1.54) is 65.8 Å². The van der Waals surface area contributed by atoms with Crippen LogP contribution in [-0.4, -0.2) is 13.7 Å². The van der Waals surface area contributed by atoms with E-state index in [2.05, 4.69) is 190 Å². The molecule has 10 aromatic rings. The van der Waals surface area contributed by atoms with Gasteiger partial charge in [-0.15, -0.1) is 0 Å². The van der Waals surface area contributed by atoms with Crippen LogP contribution in [0, 0.1) is 0 Å². The Bertz CT molecular complexity index is 2710. The van der Waals surface area contributed by atoms with Gasteiger partial charge in [0.15, 0.2) is 0 Å². The third-order valence-electron chi connectivity index (χ3n) is 9.63. The van der Waals surface area contributed by atoms with Crippen LogP contribution in [0.15, 0.2) is 176 Å². The lowest BCUT2D eigenvalue weighted by atomic mass is 10.1. The van der Waals surface area contributed by atoms with Crippen molar-refractivity contribution in [1.82, 2.24) is 13.7 Å². The van der Waals surface area contributed by atoms with Crippen LogP contribution in [-0.2, 0) is 0 Å². The van der Waals surface area contributed by atoms with Gasteiger partial charge in [0.2, 0.25) is 0 Å². The summed E-state index contributed by atoms with van der Waals surface area (Å²) in [4.78, 5) is 0. The number of rotatable bonds is 4. The lowest BCUT2D eigenvalue weighted by Gasteiger charge is -2.15. The third-order valence-corrected chi connectivity index (χ3v) is 9.63. The van der Waals surface area contributed by atoms with Gasteiger partial charge >= 0.3 is 0 Å². The van der Waals surface area contributed by atoms with Crippen molar-refractivity contribution < 1.29 is 0 Å². The van der Waals surface area contributed by atoms with Crippen molar-refractivity contribution in [1.29, 1.82) is 0 Å². The van der Waals surface area contributed by atoms with Crippen LogP contribution in [0.1, 0.15) is 0 Å². The second kappa shape index (κ2) is 10.1. The van der Waals surface area contributed by atoms with Crippen molar-refractivity contribution in [2.45, 2.75) is 0 Å². The van der Waals surface area contributed by atoms with Crippen LogP contribution in [0.5, 0.6) is 0 Å². The van der Waals surface area contributed by atoms with E-state index < -0.39 is 0 Å². The average molecular weight is 600 g/mol. The summed E-state index contributed by atoms with van der Waals surface area (Å²) >= 11 is 0. The molecule has 3 heteroatoms. The molecule has 0 amide bonds. The minimum atomic E-state index is 1.13. The normalized spacial score (nSPS) is 11.8. The summed E-state index contributed by atoms with van der Waals surface area (Å²) < 4.78 is 7.27. The van der Waals surface area contributed by atoms with Crippen LogP contribution < -0.4 is 0 Å². The van der Waals surface area contributed by atoms with Crippen molar-refractivity contribution in [2.75, 3.05) is 0 Å². The lowest BCUT2D eigenvalue weighted by Crippen LogP contribution is -2.00. The molecule has 0 N–H and O–H groups in total. The van der Waals surface area contributed by atoms with E-state index in [-0.39, 0.29) is 0 Å². The minimum absolute atomic E-state index is 1.13. The van der Waals surface area contributed by atoms with Crippen molar-refractivity contribution >= 4 is 54.5 Å². The number of hydrogen-bond acceptors (Lipinski definition) is 0. The Morgan fingerprint density at radius 3 is 1.38 bits per heavy atom. The molecule has 47 heavy (non-hydrogen) atoms. The molecule has 3 aromatic heterocycles. The molecular formula is C44H29N3. The van der Waals surface area contributed by atoms with Crippen molar-refractivity contribution in [3.8, 4) is 28.3 Å². The lowest BCUT2D eigenvalue weighted by molar-refractivity contribution is 1.12. The second-order valence-electron chi connectivity index (χ2n) is 12.2. The first-order chi connectivity index (χ1) is 23.3. The topological polar surface area (TPSA) is 14.8 Å². The molecule has 0 atom stereocenters. The molecule has 0 saturated carbocycles. The Balaban J connectivity index is 1.27. The van der Waals surface area contributed by atoms with E-state index in [0.29, 0.717) is 0 Å². The summed E-state index contributed by atoms with van der Waals surface area (Å²) in [5.41, 5.74) is 11.8. The molecule has 0 bridgehead atoms. The first-order valence-corrected chi connectivity index (χ1v) is 16.1. The van der Waals surface area contributed by atoms with Crippen LogP contribution in [0.3, 0.4) is 0 Å². The van der Waals surface area contributed by atoms with Gasteiger partial charge in [0.05, 0.1) is 33.3 Å². The van der Waals surface area contributed by atoms with Gasteiger partial charge in [0.1, 0.15) is 0 Å². The number of aromatic nitrogens is 3. The molecule has 0 radical (unpaired) electrons. The molecule has 0 saturated heterocycles. The highest BCUT2D eigenvalue weighted by Gasteiger charge is 2.21. The molecule has 0 aliphatic heterocycles. The molecule has 0 fully saturated rings. The maximum atomic E-state index is 2.46. The molecule has 0 aliphatic carbocycles. The zero-order chi connectivity index (χ0) is 30.9. The van der Waals surface area contributed by atoms with Gasteiger partial charge < -0.3 is 13.7 Å². The molecule has 7 aromatic carbocycles. The van der Waals surface area contributed by atoms with Gasteiger partial charge in [0.25, 0.3) is 0 Å². The summed E-state index contributed by atoms with van der Waals surface area (Å²) in [5, 5.41) is 6.25. The Morgan fingerprint density at radius 2 is 0.766 bits per heavy atom. The Morgan fingerprint density at radius 1 is 0.298 bits per heavy atom. The maximum Gasteiger partial charge on any atom is 0.0788 e. The van der Waals surface area contributed by atoms with E-state index >= 15 is 0 Å². The Kier molecular flexibility index (Phi) is 5.57. The van der Waals surface area contributed by atoms with Gasteiger partial charge in [-0.05, 0) is 66.2 Å². The van der Waals surface area contributed by atoms with E-state index in [9.17, 15) is 0 Å². The van der Waals surface area contributed by atoms with E-state index in [0.717, 1.165) is 17.1 Å². The highest BCUT2D eigenvalue weighted by atomic mass is 15.1.